The van der Waals surface area contributed by atoms with Crippen LogP contribution in [0.2, 0.25) is 0 Å². The average Bonchev–Trinajstić information content (AvgIpc) is 2.53. The normalized spacial score (nSPS) is 24.9. The molecule has 1 fully saturated rings. The Balaban J connectivity index is 1.90. The molecular formula is C18H22N2O. The van der Waals surface area contributed by atoms with Gasteiger partial charge in [-0.15, -0.1) is 6.58 Å². The molecule has 110 valence electrons. The lowest BCUT2D eigenvalue weighted by Gasteiger charge is -2.39. The van der Waals surface area contributed by atoms with E-state index in [0.717, 1.165) is 35.9 Å². The number of rotatable bonds is 3. The summed E-state index contributed by atoms with van der Waals surface area (Å²) in [5, 5.41) is 11.9. The van der Waals surface area contributed by atoms with Crippen molar-refractivity contribution in [2.24, 2.45) is 5.92 Å². The van der Waals surface area contributed by atoms with E-state index >= 15 is 0 Å². The summed E-state index contributed by atoms with van der Waals surface area (Å²) in [5.74, 6) is 0.535. The fourth-order valence-corrected chi connectivity index (χ4v) is 3.38. The van der Waals surface area contributed by atoms with Crippen LogP contribution in [0.1, 0.15) is 24.5 Å². The van der Waals surface area contributed by atoms with Crippen molar-refractivity contribution in [2.75, 3.05) is 13.6 Å². The molecule has 3 heteroatoms. The van der Waals surface area contributed by atoms with Gasteiger partial charge in [0.2, 0.25) is 0 Å². The molecule has 0 radical (unpaired) electrons. The van der Waals surface area contributed by atoms with E-state index in [-0.39, 0.29) is 6.04 Å². The Kier molecular flexibility index (Phi) is 4.04. The predicted octanol–water partition coefficient (Wildman–Crippen LogP) is 3.16. The molecule has 3 atom stereocenters. The first-order valence-electron chi connectivity index (χ1n) is 7.55. The molecule has 0 amide bonds. The molecule has 0 spiro atoms. The highest BCUT2D eigenvalue weighted by molar-refractivity contribution is 5.82. The minimum absolute atomic E-state index is 0.159. The van der Waals surface area contributed by atoms with Crippen molar-refractivity contribution in [1.29, 1.82) is 0 Å². The number of aliphatic hydroxyl groups is 1. The van der Waals surface area contributed by atoms with Gasteiger partial charge in [-0.2, -0.15) is 0 Å². The van der Waals surface area contributed by atoms with Crippen LogP contribution in [0.5, 0.6) is 0 Å². The molecule has 2 heterocycles. The van der Waals surface area contributed by atoms with E-state index in [4.69, 9.17) is 0 Å². The Labute approximate surface area is 125 Å². The van der Waals surface area contributed by atoms with Crippen LogP contribution in [0.3, 0.4) is 0 Å². The molecule has 3 unspecified atom stereocenters. The van der Waals surface area contributed by atoms with Gasteiger partial charge in [0, 0.05) is 24.2 Å². The van der Waals surface area contributed by atoms with Crippen molar-refractivity contribution >= 4 is 10.9 Å². The van der Waals surface area contributed by atoms with Gasteiger partial charge in [-0.1, -0.05) is 24.3 Å². The first kappa shape index (κ1) is 14.2. The second kappa shape index (κ2) is 5.96. The van der Waals surface area contributed by atoms with Gasteiger partial charge >= 0.3 is 0 Å². The van der Waals surface area contributed by atoms with E-state index in [2.05, 4.69) is 23.5 Å². The number of pyridine rings is 1. The second-order valence-corrected chi connectivity index (χ2v) is 5.94. The van der Waals surface area contributed by atoms with Crippen molar-refractivity contribution in [2.45, 2.75) is 25.0 Å². The SMILES string of the molecule is C=CC1CCC(C(O)c2ccnc3ccccc23)N(C)C1. The van der Waals surface area contributed by atoms with Crippen LogP contribution in [0, 0.1) is 5.92 Å². The van der Waals surface area contributed by atoms with Gasteiger partial charge < -0.3 is 5.11 Å². The first-order valence-corrected chi connectivity index (χ1v) is 7.55. The van der Waals surface area contributed by atoms with E-state index in [1.807, 2.05) is 36.4 Å². The number of para-hydroxylation sites is 1. The summed E-state index contributed by atoms with van der Waals surface area (Å²) < 4.78 is 0. The third-order valence-electron chi connectivity index (χ3n) is 4.62. The number of hydrogen-bond donors (Lipinski definition) is 1. The molecule has 1 N–H and O–H groups in total. The minimum atomic E-state index is -0.478. The van der Waals surface area contributed by atoms with E-state index in [1.165, 1.54) is 0 Å². The monoisotopic (exact) mass is 282 g/mol. The number of benzene rings is 1. The topological polar surface area (TPSA) is 36.4 Å². The first-order chi connectivity index (χ1) is 10.2. The largest absolute Gasteiger partial charge is 0.387 e. The summed E-state index contributed by atoms with van der Waals surface area (Å²) in [5.41, 5.74) is 1.92. The van der Waals surface area contributed by atoms with E-state index in [1.54, 1.807) is 6.20 Å². The van der Waals surface area contributed by atoms with Crippen LogP contribution >= 0.6 is 0 Å². The number of likely N-dealkylation sites (tertiary alicyclic amines) is 1. The maximum Gasteiger partial charge on any atom is 0.0952 e. The number of likely N-dealkylation sites (N-methyl/N-ethyl adjacent to an activating group) is 1. The third kappa shape index (κ3) is 2.71. The molecule has 1 aromatic carbocycles. The Hall–Kier alpha value is -1.71. The van der Waals surface area contributed by atoms with Crippen molar-refractivity contribution in [3.05, 3.63) is 54.7 Å². The van der Waals surface area contributed by atoms with Crippen molar-refractivity contribution in [3.63, 3.8) is 0 Å². The van der Waals surface area contributed by atoms with Crippen molar-refractivity contribution in [1.82, 2.24) is 9.88 Å². The summed E-state index contributed by atoms with van der Waals surface area (Å²) in [6, 6.07) is 10.1. The standard InChI is InChI=1S/C18H22N2O/c1-3-13-8-9-17(20(2)12-13)18(21)15-10-11-19-16-7-5-4-6-14(15)16/h3-7,10-11,13,17-18,21H,1,8-9,12H2,2H3. The zero-order valence-electron chi connectivity index (χ0n) is 12.4. The van der Waals surface area contributed by atoms with Gasteiger partial charge in [0.15, 0.2) is 0 Å². The van der Waals surface area contributed by atoms with Gasteiger partial charge in [0.05, 0.1) is 11.6 Å². The molecule has 2 aromatic rings. The molecule has 3 rings (SSSR count). The van der Waals surface area contributed by atoms with Crippen LogP contribution in [-0.4, -0.2) is 34.6 Å². The molecule has 3 nitrogen and oxygen atoms in total. The Morgan fingerprint density at radius 1 is 1.33 bits per heavy atom. The fourth-order valence-electron chi connectivity index (χ4n) is 3.38. The lowest BCUT2D eigenvalue weighted by atomic mass is 9.87. The fraction of sp³-hybridized carbons (Fsp3) is 0.389. The maximum atomic E-state index is 10.9. The van der Waals surface area contributed by atoms with Crippen molar-refractivity contribution < 1.29 is 5.11 Å². The van der Waals surface area contributed by atoms with Crippen LogP contribution in [0.15, 0.2) is 49.2 Å². The predicted molar refractivity (Wildman–Crippen MR) is 86.0 cm³/mol. The molecule has 1 saturated heterocycles. The number of aliphatic hydroxyl groups excluding tert-OH is 1. The molecule has 1 aliphatic rings. The smallest absolute Gasteiger partial charge is 0.0952 e. The summed E-state index contributed by atoms with van der Waals surface area (Å²) in [6.45, 7) is 4.86. The van der Waals surface area contributed by atoms with Crippen molar-refractivity contribution in [3.8, 4) is 0 Å². The Bertz CT molecular complexity index is 635. The van der Waals surface area contributed by atoms with Gasteiger partial charge in [-0.05, 0) is 43.5 Å². The molecule has 1 aliphatic heterocycles. The Morgan fingerprint density at radius 3 is 2.90 bits per heavy atom. The van der Waals surface area contributed by atoms with Crippen LogP contribution in [-0.2, 0) is 0 Å². The highest BCUT2D eigenvalue weighted by Crippen LogP contribution is 2.32. The second-order valence-electron chi connectivity index (χ2n) is 5.94. The molecule has 21 heavy (non-hydrogen) atoms. The van der Waals surface area contributed by atoms with E-state index < -0.39 is 6.10 Å². The highest BCUT2D eigenvalue weighted by Gasteiger charge is 2.31. The lowest BCUT2D eigenvalue weighted by Crippen LogP contribution is -2.43. The molecule has 1 aromatic heterocycles. The minimum Gasteiger partial charge on any atom is -0.387 e. The van der Waals surface area contributed by atoms with Crippen LogP contribution < -0.4 is 0 Å². The quantitative estimate of drug-likeness (QED) is 0.879. The number of hydrogen-bond acceptors (Lipinski definition) is 3. The van der Waals surface area contributed by atoms with Crippen LogP contribution in [0.25, 0.3) is 10.9 Å². The molecular weight excluding hydrogens is 260 g/mol. The van der Waals surface area contributed by atoms with Gasteiger partial charge in [-0.25, -0.2) is 0 Å². The van der Waals surface area contributed by atoms with E-state index in [9.17, 15) is 5.11 Å². The maximum absolute atomic E-state index is 10.9. The molecule has 0 bridgehead atoms. The summed E-state index contributed by atoms with van der Waals surface area (Å²) >= 11 is 0. The number of aromatic nitrogens is 1. The summed E-state index contributed by atoms with van der Waals surface area (Å²) in [7, 11) is 2.09. The lowest BCUT2D eigenvalue weighted by molar-refractivity contribution is 0.0309. The highest BCUT2D eigenvalue weighted by atomic mass is 16.3. The molecule has 0 aliphatic carbocycles. The number of piperidine rings is 1. The zero-order chi connectivity index (χ0) is 14.8. The molecule has 0 saturated carbocycles. The van der Waals surface area contributed by atoms with Gasteiger partial charge in [0.25, 0.3) is 0 Å². The third-order valence-corrected chi connectivity index (χ3v) is 4.62. The number of nitrogens with zero attached hydrogens (tertiary/aromatic N) is 2. The number of fused-ring (bicyclic) bond motifs is 1. The Morgan fingerprint density at radius 2 is 2.14 bits per heavy atom. The summed E-state index contributed by atoms with van der Waals surface area (Å²) in [4.78, 5) is 6.64. The van der Waals surface area contributed by atoms with Gasteiger partial charge in [-0.3, -0.25) is 9.88 Å². The zero-order valence-corrected chi connectivity index (χ0v) is 12.4. The summed E-state index contributed by atoms with van der Waals surface area (Å²) in [6.07, 6.45) is 5.43. The average molecular weight is 282 g/mol. The van der Waals surface area contributed by atoms with E-state index in [0.29, 0.717) is 5.92 Å². The van der Waals surface area contributed by atoms with Crippen LogP contribution in [0.4, 0.5) is 0 Å². The van der Waals surface area contributed by atoms with Gasteiger partial charge in [0.1, 0.15) is 0 Å².